The molecule has 23 heavy (non-hydrogen) atoms. The molecule has 0 spiro atoms. The number of aryl methyl sites for hydroxylation is 1. The van der Waals surface area contributed by atoms with Crippen LogP contribution in [-0.4, -0.2) is 0 Å². The van der Waals surface area contributed by atoms with Crippen LogP contribution in [0.25, 0.3) is 0 Å². The number of rotatable bonds is 3. The van der Waals surface area contributed by atoms with Gasteiger partial charge in [-0.05, 0) is 54.2 Å². The topological polar surface area (TPSA) is 0 Å². The summed E-state index contributed by atoms with van der Waals surface area (Å²) in [6, 6.07) is 26.0. The molecule has 1 atom stereocenters. The van der Waals surface area contributed by atoms with Gasteiger partial charge in [-0.3, -0.25) is 0 Å². The summed E-state index contributed by atoms with van der Waals surface area (Å²) in [7, 11) is 3.13. The molecule has 0 heterocycles. The van der Waals surface area contributed by atoms with Gasteiger partial charge in [0, 0.05) is 0 Å². The first-order valence-corrected chi connectivity index (χ1v) is 8.60. The summed E-state index contributed by atoms with van der Waals surface area (Å²) >= 11 is 0. The Morgan fingerprint density at radius 2 is 1.09 bits per heavy atom. The Labute approximate surface area is 141 Å². The largest absolute Gasteiger partial charge is 0.117 e. The predicted molar refractivity (Wildman–Crippen MR) is 103 cm³/mol. The Bertz CT molecular complexity index is 765. The Kier molecular flexibility index (Phi) is 4.37. The second kappa shape index (κ2) is 6.30. The molecular formula is C22H23P. The second-order valence-electron chi connectivity index (χ2n) is 6.22. The minimum absolute atomic E-state index is 0.231. The summed E-state index contributed by atoms with van der Waals surface area (Å²) in [5.41, 5.74) is 8.03. The highest BCUT2D eigenvalue weighted by Gasteiger charge is 2.32. The molecule has 0 nitrogen and oxygen atoms in total. The lowest BCUT2D eigenvalue weighted by molar-refractivity contribution is 0.880. The zero-order chi connectivity index (χ0) is 16.4. The molecule has 3 aromatic rings. The Balaban J connectivity index is 2.32. The zero-order valence-corrected chi connectivity index (χ0v) is 15.2. The third kappa shape index (κ3) is 2.73. The van der Waals surface area contributed by atoms with Gasteiger partial charge in [0.15, 0.2) is 0 Å². The molecule has 1 unspecified atom stereocenters. The fraction of sp³-hybridized carbons (Fsp3) is 0.182. The highest BCUT2D eigenvalue weighted by Crippen LogP contribution is 2.46. The Morgan fingerprint density at radius 1 is 0.609 bits per heavy atom. The van der Waals surface area contributed by atoms with E-state index in [0.717, 1.165) is 0 Å². The monoisotopic (exact) mass is 318 g/mol. The molecule has 3 rings (SSSR count). The fourth-order valence-electron chi connectivity index (χ4n) is 3.26. The highest BCUT2D eigenvalue weighted by atomic mass is 31.0. The average Bonchev–Trinajstić information content (AvgIpc) is 2.61. The van der Waals surface area contributed by atoms with E-state index in [1.54, 1.807) is 0 Å². The van der Waals surface area contributed by atoms with Crippen LogP contribution in [0.2, 0.25) is 0 Å². The molecule has 0 radical (unpaired) electrons. The van der Waals surface area contributed by atoms with Crippen molar-refractivity contribution in [2.45, 2.75) is 25.9 Å². The van der Waals surface area contributed by atoms with Crippen molar-refractivity contribution in [2.75, 3.05) is 0 Å². The van der Waals surface area contributed by atoms with Crippen LogP contribution in [0.15, 0.2) is 72.8 Å². The van der Waals surface area contributed by atoms with Gasteiger partial charge in [0.2, 0.25) is 0 Å². The lowest BCUT2D eigenvalue weighted by Crippen LogP contribution is -2.23. The smallest absolute Gasteiger partial charge is 0.0594 e. The summed E-state index contributed by atoms with van der Waals surface area (Å²) in [6.07, 6.45) is 0. The van der Waals surface area contributed by atoms with Crippen LogP contribution in [0.5, 0.6) is 0 Å². The lowest BCUT2D eigenvalue weighted by atomic mass is 9.80. The van der Waals surface area contributed by atoms with E-state index in [4.69, 9.17) is 0 Å². The fourth-order valence-corrected chi connectivity index (χ4v) is 3.96. The van der Waals surface area contributed by atoms with Gasteiger partial charge in [-0.15, -0.1) is 9.24 Å². The normalized spacial score (nSPS) is 11.5. The minimum Gasteiger partial charge on any atom is -0.117 e. The minimum atomic E-state index is -0.231. The Hall–Kier alpha value is -1.91. The number of hydrogen-bond donors (Lipinski definition) is 0. The van der Waals surface area contributed by atoms with Gasteiger partial charge in [0.05, 0.1) is 5.16 Å². The van der Waals surface area contributed by atoms with Crippen LogP contribution in [0.1, 0.15) is 33.4 Å². The van der Waals surface area contributed by atoms with Crippen LogP contribution in [0.3, 0.4) is 0 Å². The molecule has 0 saturated heterocycles. The maximum absolute atomic E-state index is 3.13. The van der Waals surface area contributed by atoms with Crippen LogP contribution in [-0.2, 0) is 5.16 Å². The van der Waals surface area contributed by atoms with Crippen LogP contribution < -0.4 is 0 Å². The zero-order valence-electron chi connectivity index (χ0n) is 14.0. The molecule has 0 bridgehead atoms. The molecule has 0 aliphatic rings. The van der Waals surface area contributed by atoms with E-state index in [2.05, 4.69) is 103 Å². The molecule has 0 amide bonds. The van der Waals surface area contributed by atoms with Crippen molar-refractivity contribution in [3.05, 3.63) is 106 Å². The second-order valence-corrected chi connectivity index (χ2v) is 7.09. The van der Waals surface area contributed by atoms with Crippen LogP contribution in [0, 0.1) is 20.8 Å². The number of benzene rings is 3. The first-order chi connectivity index (χ1) is 11.0. The first-order valence-electron chi connectivity index (χ1n) is 8.02. The van der Waals surface area contributed by atoms with Gasteiger partial charge in [0.25, 0.3) is 0 Å². The summed E-state index contributed by atoms with van der Waals surface area (Å²) < 4.78 is 0. The van der Waals surface area contributed by atoms with Gasteiger partial charge in [-0.2, -0.15) is 0 Å². The van der Waals surface area contributed by atoms with Crippen LogP contribution in [0.4, 0.5) is 0 Å². The van der Waals surface area contributed by atoms with E-state index >= 15 is 0 Å². The lowest BCUT2D eigenvalue weighted by Gasteiger charge is -2.34. The van der Waals surface area contributed by atoms with E-state index in [1.807, 2.05) is 0 Å². The first kappa shape index (κ1) is 16.0. The summed E-state index contributed by atoms with van der Waals surface area (Å²) in [5.74, 6) is 0. The standard InChI is InChI=1S/C22H23P/c1-16-14-15-21(18(3)17(16)2)22(23,19-10-6-4-7-11-19)20-12-8-5-9-13-20/h4-15H,23H2,1-3H3. The SMILES string of the molecule is Cc1ccc(C(P)(c2ccccc2)c2ccccc2)c(C)c1C. The highest BCUT2D eigenvalue weighted by molar-refractivity contribution is 7.19. The van der Waals surface area contributed by atoms with E-state index in [0.29, 0.717) is 0 Å². The van der Waals surface area contributed by atoms with Crippen molar-refractivity contribution >= 4 is 9.24 Å². The molecule has 0 fully saturated rings. The van der Waals surface area contributed by atoms with Crippen molar-refractivity contribution < 1.29 is 0 Å². The van der Waals surface area contributed by atoms with E-state index in [-0.39, 0.29) is 5.16 Å². The molecule has 0 aliphatic carbocycles. The molecular weight excluding hydrogens is 295 g/mol. The van der Waals surface area contributed by atoms with E-state index in [1.165, 1.54) is 33.4 Å². The number of hydrogen-bond acceptors (Lipinski definition) is 0. The van der Waals surface area contributed by atoms with Gasteiger partial charge in [-0.25, -0.2) is 0 Å². The Morgan fingerprint density at radius 3 is 1.57 bits per heavy atom. The quantitative estimate of drug-likeness (QED) is 0.424. The predicted octanol–water partition coefficient (Wildman–Crippen LogP) is 5.78. The molecule has 0 N–H and O–H groups in total. The van der Waals surface area contributed by atoms with Crippen LogP contribution >= 0.6 is 9.24 Å². The molecule has 1 heteroatoms. The average molecular weight is 318 g/mol. The molecule has 3 aromatic carbocycles. The van der Waals surface area contributed by atoms with Crippen molar-refractivity contribution in [1.29, 1.82) is 0 Å². The third-order valence-electron chi connectivity index (χ3n) is 4.94. The summed E-state index contributed by atoms with van der Waals surface area (Å²) in [4.78, 5) is 0. The van der Waals surface area contributed by atoms with Crippen molar-refractivity contribution in [1.82, 2.24) is 0 Å². The summed E-state index contributed by atoms with van der Waals surface area (Å²) in [6.45, 7) is 6.64. The molecule has 0 aromatic heterocycles. The molecule has 0 saturated carbocycles. The van der Waals surface area contributed by atoms with E-state index < -0.39 is 0 Å². The maximum Gasteiger partial charge on any atom is 0.0594 e. The maximum atomic E-state index is 3.13. The van der Waals surface area contributed by atoms with Crippen molar-refractivity contribution in [3.63, 3.8) is 0 Å². The van der Waals surface area contributed by atoms with Gasteiger partial charge >= 0.3 is 0 Å². The van der Waals surface area contributed by atoms with E-state index in [9.17, 15) is 0 Å². The van der Waals surface area contributed by atoms with Gasteiger partial charge in [-0.1, -0.05) is 72.8 Å². The van der Waals surface area contributed by atoms with Crippen molar-refractivity contribution in [3.8, 4) is 0 Å². The molecule has 0 aliphatic heterocycles. The van der Waals surface area contributed by atoms with Gasteiger partial charge in [0.1, 0.15) is 0 Å². The third-order valence-corrected chi connectivity index (χ3v) is 5.92. The molecule has 116 valence electrons. The van der Waals surface area contributed by atoms with Crippen molar-refractivity contribution in [2.24, 2.45) is 0 Å². The van der Waals surface area contributed by atoms with Gasteiger partial charge < -0.3 is 0 Å². The summed E-state index contributed by atoms with van der Waals surface area (Å²) in [5, 5.41) is -0.231.